The summed E-state index contributed by atoms with van der Waals surface area (Å²) < 4.78 is 6.04. The number of anilines is 2. The molecule has 0 radical (unpaired) electrons. The molecule has 0 saturated carbocycles. The molecule has 1 aliphatic rings. The van der Waals surface area contributed by atoms with Crippen LogP contribution in [0.2, 0.25) is 15.1 Å². The fourth-order valence-electron chi connectivity index (χ4n) is 3.42. The molecule has 1 fully saturated rings. The smallest absolute Gasteiger partial charge is 0.335 e. The second-order valence-corrected chi connectivity index (χ2v) is 10.1. The molecule has 3 aromatic carbocycles. The summed E-state index contributed by atoms with van der Waals surface area (Å²) in [6.45, 7) is 1.49. The summed E-state index contributed by atoms with van der Waals surface area (Å²) in [6.07, 6.45) is 1.35. The van der Waals surface area contributed by atoms with E-state index >= 15 is 0 Å². The highest BCUT2D eigenvalue weighted by Gasteiger charge is 2.37. The van der Waals surface area contributed by atoms with Crippen molar-refractivity contribution < 1.29 is 23.9 Å². The lowest BCUT2D eigenvalue weighted by Gasteiger charge is -2.26. The monoisotopic (exact) mass is 635 g/mol. The van der Waals surface area contributed by atoms with E-state index in [0.29, 0.717) is 36.5 Å². The van der Waals surface area contributed by atoms with Crippen LogP contribution in [0.1, 0.15) is 11.1 Å². The molecule has 4 rings (SSSR count). The van der Waals surface area contributed by atoms with E-state index < -0.39 is 23.8 Å². The number of halogens is 4. The third kappa shape index (κ3) is 6.19. The topological polar surface area (TPSA) is 105 Å². The van der Waals surface area contributed by atoms with Crippen LogP contribution in [-0.2, 0) is 14.4 Å². The number of ether oxygens (including phenoxy) is 1. The summed E-state index contributed by atoms with van der Waals surface area (Å²) in [4.78, 5) is 51.1. The second-order valence-electron chi connectivity index (χ2n) is 8.05. The summed E-state index contributed by atoms with van der Waals surface area (Å²) >= 11 is 21.3. The van der Waals surface area contributed by atoms with Crippen LogP contribution in [0, 0.1) is 6.92 Å². The minimum atomic E-state index is -0.874. The molecular weight excluding hydrogens is 621 g/mol. The van der Waals surface area contributed by atoms with E-state index in [9.17, 15) is 19.2 Å². The molecule has 0 atom stereocenters. The molecule has 1 saturated heterocycles. The van der Waals surface area contributed by atoms with Crippen molar-refractivity contribution >= 4 is 91.9 Å². The quantitative estimate of drug-likeness (QED) is 0.241. The Balaban J connectivity index is 1.48. The van der Waals surface area contributed by atoms with Gasteiger partial charge in [0.2, 0.25) is 0 Å². The van der Waals surface area contributed by atoms with Gasteiger partial charge in [0.1, 0.15) is 11.3 Å². The minimum absolute atomic E-state index is 0.227. The number of nitrogens with zero attached hydrogens (tertiary/aromatic N) is 1. The Bertz CT molecular complexity index is 1530. The van der Waals surface area contributed by atoms with E-state index in [1.807, 2.05) is 0 Å². The van der Waals surface area contributed by atoms with E-state index in [4.69, 9.17) is 39.5 Å². The predicted molar refractivity (Wildman–Crippen MR) is 150 cm³/mol. The molecular formula is C26H17BrCl3N3O5. The van der Waals surface area contributed by atoms with Crippen LogP contribution in [0.3, 0.4) is 0 Å². The maximum atomic E-state index is 13.1. The number of urea groups is 1. The number of barbiturate groups is 1. The molecule has 38 heavy (non-hydrogen) atoms. The van der Waals surface area contributed by atoms with Crippen molar-refractivity contribution in [1.29, 1.82) is 0 Å². The summed E-state index contributed by atoms with van der Waals surface area (Å²) in [5.74, 6) is -1.70. The minimum Gasteiger partial charge on any atom is -0.483 e. The SMILES string of the molecule is Cc1ccc(N2C(=O)NC(=O)/C(=C\c3ccc(OCC(=O)Nc4ccc(Cl)c(Cl)c4)c(Br)c3)C2=O)cc1Cl. The van der Waals surface area contributed by atoms with Gasteiger partial charge in [0.05, 0.1) is 20.2 Å². The molecule has 2 N–H and O–H groups in total. The Morgan fingerprint density at radius 1 is 1.00 bits per heavy atom. The fourth-order valence-corrected chi connectivity index (χ4v) is 4.40. The van der Waals surface area contributed by atoms with Gasteiger partial charge in [-0.3, -0.25) is 19.7 Å². The molecule has 194 valence electrons. The number of benzene rings is 3. The highest BCUT2D eigenvalue weighted by molar-refractivity contribution is 9.10. The zero-order chi connectivity index (χ0) is 27.6. The van der Waals surface area contributed by atoms with E-state index in [1.165, 1.54) is 18.2 Å². The van der Waals surface area contributed by atoms with Gasteiger partial charge in [0.25, 0.3) is 17.7 Å². The van der Waals surface area contributed by atoms with Crippen molar-refractivity contribution in [3.05, 3.63) is 90.8 Å². The zero-order valence-electron chi connectivity index (χ0n) is 19.5. The normalized spacial score (nSPS) is 14.5. The first-order chi connectivity index (χ1) is 18.0. The van der Waals surface area contributed by atoms with Crippen molar-refractivity contribution in [3.63, 3.8) is 0 Å². The number of carbonyl (C=O) groups excluding carboxylic acids is 4. The molecule has 0 spiro atoms. The Morgan fingerprint density at radius 3 is 2.45 bits per heavy atom. The molecule has 12 heteroatoms. The van der Waals surface area contributed by atoms with Crippen LogP contribution in [0.15, 0.2) is 64.6 Å². The lowest BCUT2D eigenvalue weighted by Crippen LogP contribution is -2.54. The van der Waals surface area contributed by atoms with Crippen LogP contribution < -0.4 is 20.3 Å². The van der Waals surface area contributed by atoms with E-state index in [0.717, 1.165) is 10.5 Å². The summed E-state index contributed by atoms with van der Waals surface area (Å²) in [5, 5.41) is 5.86. The van der Waals surface area contributed by atoms with Gasteiger partial charge >= 0.3 is 6.03 Å². The molecule has 0 aromatic heterocycles. The van der Waals surface area contributed by atoms with Gasteiger partial charge in [0.15, 0.2) is 6.61 Å². The average Bonchev–Trinajstić information content (AvgIpc) is 2.85. The Labute approximate surface area is 240 Å². The van der Waals surface area contributed by atoms with Gasteiger partial charge in [-0.2, -0.15) is 0 Å². The van der Waals surface area contributed by atoms with Crippen molar-refractivity contribution in [2.75, 3.05) is 16.8 Å². The Morgan fingerprint density at radius 2 is 1.76 bits per heavy atom. The van der Waals surface area contributed by atoms with Gasteiger partial charge in [-0.05, 0) is 82.5 Å². The molecule has 8 nitrogen and oxygen atoms in total. The van der Waals surface area contributed by atoms with Crippen LogP contribution in [0.25, 0.3) is 6.08 Å². The number of amides is 5. The van der Waals surface area contributed by atoms with Crippen molar-refractivity contribution in [1.82, 2.24) is 5.32 Å². The number of aryl methyl sites for hydroxylation is 1. The average molecular weight is 638 g/mol. The van der Waals surface area contributed by atoms with E-state index in [2.05, 4.69) is 26.6 Å². The number of hydrogen-bond acceptors (Lipinski definition) is 5. The maximum absolute atomic E-state index is 13.1. The molecule has 1 heterocycles. The van der Waals surface area contributed by atoms with Gasteiger partial charge < -0.3 is 10.1 Å². The Kier molecular flexibility index (Phi) is 8.42. The van der Waals surface area contributed by atoms with Gasteiger partial charge in [-0.15, -0.1) is 0 Å². The molecule has 0 bridgehead atoms. The molecule has 1 aliphatic heterocycles. The van der Waals surface area contributed by atoms with E-state index in [-0.39, 0.29) is 17.9 Å². The largest absolute Gasteiger partial charge is 0.483 e. The molecule has 0 aliphatic carbocycles. The number of rotatable bonds is 6. The highest BCUT2D eigenvalue weighted by atomic mass is 79.9. The third-order valence-electron chi connectivity index (χ3n) is 5.34. The first-order valence-electron chi connectivity index (χ1n) is 10.9. The Hall–Kier alpha value is -3.37. The van der Waals surface area contributed by atoms with Crippen molar-refractivity contribution in [3.8, 4) is 5.75 Å². The number of carbonyl (C=O) groups is 4. The number of nitrogens with one attached hydrogen (secondary N) is 2. The van der Waals surface area contributed by atoms with Crippen LogP contribution in [-0.4, -0.2) is 30.4 Å². The second kappa shape index (κ2) is 11.6. The lowest BCUT2D eigenvalue weighted by atomic mass is 10.1. The predicted octanol–water partition coefficient (Wildman–Crippen LogP) is 6.40. The van der Waals surface area contributed by atoms with Crippen LogP contribution >= 0.6 is 50.7 Å². The first-order valence-corrected chi connectivity index (χ1v) is 12.8. The summed E-state index contributed by atoms with van der Waals surface area (Å²) in [5.41, 5.74) is 1.68. The van der Waals surface area contributed by atoms with Crippen LogP contribution in [0.4, 0.5) is 16.2 Å². The van der Waals surface area contributed by atoms with Crippen LogP contribution in [0.5, 0.6) is 5.75 Å². The standard InChI is InChI=1S/C26H17BrCl3N3O5/c1-13-2-5-16(11-20(13)29)33-25(36)17(24(35)32-26(33)37)8-14-3-7-22(18(27)9-14)38-12-23(34)31-15-4-6-19(28)21(30)10-15/h2-11H,12H2,1H3,(H,31,34)(H,32,35,37)/b17-8+. The van der Waals surface area contributed by atoms with Crippen molar-refractivity contribution in [2.45, 2.75) is 6.92 Å². The van der Waals surface area contributed by atoms with Gasteiger partial charge in [-0.25, -0.2) is 9.69 Å². The van der Waals surface area contributed by atoms with Gasteiger partial charge in [-0.1, -0.05) is 46.9 Å². The first kappa shape index (κ1) is 27.7. The van der Waals surface area contributed by atoms with E-state index in [1.54, 1.807) is 49.4 Å². The summed E-state index contributed by atoms with van der Waals surface area (Å²) in [6, 6.07) is 13.3. The van der Waals surface area contributed by atoms with Crippen molar-refractivity contribution in [2.24, 2.45) is 0 Å². The summed E-state index contributed by atoms with van der Waals surface area (Å²) in [7, 11) is 0. The highest BCUT2D eigenvalue weighted by Crippen LogP contribution is 2.30. The molecule has 0 unspecified atom stereocenters. The third-order valence-corrected chi connectivity index (χ3v) is 7.11. The number of imide groups is 2. The number of hydrogen-bond donors (Lipinski definition) is 2. The molecule has 5 amide bonds. The molecule has 3 aromatic rings. The van der Waals surface area contributed by atoms with Gasteiger partial charge in [0, 0.05) is 10.7 Å². The maximum Gasteiger partial charge on any atom is 0.335 e. The lowest BCUT2D eigenvalue weighted by molar-refractivity contribution is -0.122. The fraction of sp³-hybridized carbons (Fsp3) is 0.0769. The zero-order valence-corrected chi connectivity index (χ0v) is 23.3.